The lowest BCUT2D eigenvalue weighted by molar-refractivity contribution is -0.115. The largest absolute Gasteiger partial charge is 0.325 e. The number of amides is 1. The summed E-state index contributed by atoms with van der Waals surface area (Å²) >= 11 is 1.86. The normalized spacial score (nSPS) is 18.7. The van der Waals surface area contributed by atoms with Gasteiger partial charge in [-0.25, -0.2) is 0 Å². The molecule has 1 aliphatic carbocycles. The van der Waals surface area contributed by atoms with Crippen molar-refractivity contribution >= 4 is 23.4 Å². The summed E-state index contributed by atoms with van der Waals surface area (Å²) in [5.41, 5.74) is 2.23. The van der Waals surface area contributed by atoms with E-state index in [-0.39, 0.29) is 11.2 Å². The van der Waals surface area contributed by atoms with Gasteiger partial charge in [-0.05, 0) is 43.7 Å². The summed E-state index contributed by atoms with van der Waals surface area (Å²) in [6, 6.07) is 8.21. The highest BCUT2D eigenvalue weighted by atomic mass is 32.2. The molecule has 2 nitrogen and oxygen atoms in total. The molecule has 0 aliphatic heterocycles. The van der Waals surface area contributed by atoms with E-state index < -0.39 is 0 Å². The van der Waals surface area contributed by atoms with E-state index in [1.165, 1.54) is 37.7 Å². The van der Waals surface area contributed by atoms with Gasteiger partial charge in [0, 0.05) is 10.9 Å². The second kappa shape index (κ2) is 8.61. The molecule has 2 rings (SSSR count). The van der Waals surface area contributed by atoms with Gasteiger partial charge >= 0.3 is 0 Å². The van der Waals surface area contributed by atoms with Crippen LogP contribution in [0.2, 0.25) is 0 Å². The zero-order valence-corrected chi connectivity index (χ0v) is 14.9. The van der Waals surface area contributed by atoms with Crippen LogP contribution in [0.5, 0.6) is 0 Å². The highest BCUT2D eigenvalue weighted by Gasteiger charge is 2.22. The second-order valence-corrected chi connectivity index (χ2v) is 8.07. The molecule has 2 unspecified atom stereocenters. The minimum absolute atomic E-state index is 0.0214. The van der Waals surface area contributed by atoms with Gasteiger partial charge in [0.25, 0.3) is 0 Å². The summed E-state index contributed by atoms with van der Waals surface area (Å²) in [5, 5.41) is 3.84. The van der Waals surface area contributed by atoms with Crippen molar-refractivity contribution in [3.05, 3.63) is 29.8 Å². The van der Waals surface area contributed by atoms with Gasteiger partial charge < -0.3 is 5.32 Å². The summed E-state index contributed by atoms with van der Waals surface area (Å²) in [4.78, 5) is 12.5. The molecule has 122 valence electrons. The molecule has 1 aromatic rings. The van der Waals surface area contributed by atoms with E-state index in [1.807, 2.05) is 30.8 Å². The average Bonchev–Trinajstić information content (AvgIpc) is 2.55. The average molecular weight is 320 g/mol. The third-order valence-corrected chi connectivity index (χ3v) is 6.16. The number of nitrogens with one attached hydrogen (secondary N) is 1. The molecule has 1 aromatic carbocycles. The molecule has 2 atom stereocenters. The molecule has 0 spiro atoms. The third-order valence-electron chi connectivity index (χ3n) is 4.68. The molecule has 0 heterocycles. The van der Waals surface area contributed by atoms with Gasteiger partial charge in [-0.1, -0.05) is 51.3 Å². The van der Waals surface area contributed by atoms with Gasteiger partial charge in [0.15, 0.2) is 0 Å². The van der Waals surface area contributed by atoms with E-state index in [9.17, 15) is 4.79 Å². The predicted octanol–water partition coefficient (Wildman–Crippen LogP) is 5.59. The van der Waals surface area contributed by atoms with Crippen molar-refractivity contribution in [3.63, 3.8) is 0 Å². The van der Waals surface area contributed by atoms with Crippen molar-refractivity contribution in [2.75, 3.05) is 5.32 Å². The molecule has 3 heteroatoms. The third kappa shape index (κ3) is 4.77. The first-order valence-electron chi connectivity index (χ1n) is 8.67. The summed E-state index contributed by atoms with van der Waals surface area (Å²) in [6.45, 7) is 6.44. The van der Waals surface area contributed by atoms with Crippen molar-refractivity contribution in [1.29, 1.82) is 0 Å². The molecule has 0 radical (unpaired) electrons. The van der Waals surface area contributed by atoms with Gasteiger partial charge in [-0.15, -0.1) is 11.8 Å². The van der Waals surface area contributed by atoms with Crippen LogP contribution >= 0.6 is 11.8 Å². The number of rotatable bonds is 6. The fourth-order valence-corrected chi connectivity index (χ4v) is 4.41. The Morgan fingerprint density at radius 1 is 1.23 bits per heavy atom. The first kappa shape index (κ1) is 17.4. The smallest absolute Gasteiger partial charge is 0.237 e. The lowest BCUT2D eigenvalue weighted by Crippen LogP contribution is -2.26. The molecule has 0 aromatic heterocycles. The van der Waals surface area contributed by atoms with Crippen molar-refractivity contribution < 1.29 is 4.79 Å². The van der Waals surface area contributed by atoms with Gasteiger partial charge in [-0.2, -0.15) is 0 Å². The van der Waals surface area contributed by atoms with Crippen molar-refractivity contribution in [2.24, 2.45) is 0 Å². The second-order valence-electron chi connectivity index (χ2n) is 6.42. The predicted molar refractivity (Wildman–Crippen MR) is 97.7 cm³/mol. The van der Waals surface area contributed by atoms with Crippen LogP contribution in [0, 0.1) is 0 Å². The van der Waals surface area contributed by atoms with E-state index in [0.29, 0.717) is 11.2 Å². The fourth-order valence-electron chi connectivity index (χ4n) is 3.05. The van der Waals surface area contributed by atoms with Crippen molar-refractivity contribution in [3.8, 4) is 0 Å². The van der Waals surface area contributed by atoms with Gasteiger partial charge in [0.1, 0.15) is 0 Å². The van der Waals surface area contributed by atoms with E-state index in [0.717, 1.165) is 12.1 Å². The lowest BCUT2D eigenvalue weighted by Gasteiger charge is -2.24. The molecule has 1 N–H and O–H groups in total. The van der Waals surface area contributed by atoms with Crippen LogP contribution in [0.1, 0.15) is 70.8 Å². The molecule has 1 aliphatic rings. The Labute approximate surface area is 139 Å². The minimum Gasteiger partial charge on any atom is -0.325 e. The van der Waals surface area contributed by atoms with Crippen molar-refractivity contribution in [1.82, 2.24) is 0 Å². The van der Waals surface area contributed by atoms with E-state index >= 15 is 0 Å². The van der Waals surface area contributed by atoms with Crippen LogP contribution in [0.15, 0.2) is 24.3 Å². The van der Waals surface area contributed by atoms with E-state index in [2.05, 4.69) is 31.3 Å². The van der Waals surface area contributed by atoms with Crippen molar-refractivity contribution in [2.45, 2.75) is 75.7 Å². The summed E-state index contributed by atoms with van der Waals surface area (Å²) in [7, 11) is 0. The minimum atomic E-state index is 0.0214. The van der Waals surface area contributed by atoms with Crippen LogP contribution in [0.3, 0.4) is 0 Å². The number of carbonyl (C=O) groups excluding carboxylic acids is 1. The van der Waals surface area contributed by atoms with Crippen LogP contribution < -0.4 is 5.32 Å². The maximum atomic E-state index is 12.5. The standard InChI is InChI=1S/C19H29NOS/c1-4-14(2)17-12-8-9-13-18(17)20-19(21)15(3)22-16-10-6-5-7-11-16/h8-9,12-16H,4-7,10-11H2,1-3H3,(H,20,21). The Balaban J connectivity index is 1.96. The number of thioether (sulfide) groups is 1. The monoisotopic (exact) mass is 319 g/mol. The number of hydrogen-bond donors (Lipinski definition) is 1. The first-order valence-corrected chi connectivity index (χ1v) is 9.61. The first-order chi connectivity index (χ1) is 10.6. The number of hydrogen-bond acceptors (Lipinski definition) is 2. The molecular formula is C19H29NOS. The summed E-state index contributed by atoms with van der Waals surface area (Å²) in [5.74, 6) is 0.615. The highest BCUT2D eigenvalue weighted by molar-refractivity contribution is 8.01. The molecule has 22 heavy (non-hydrogen) atoms. The molecule has 1 amide bonds. The maximum absolute atomic E-state index is 12.5. The Morgan fingerprint density at radius 3 is 2.59 bits per heavy atom. The number of carbonyl (C=O) groups is 1. The van der Waals surface area contributed by atoms with E-state index in [1.54, 1.807) is 0 Å². The van der Waals surface area contributed by atoms with Crippen LogP contribution in [-0.2, 0) is 4.79 Å². The Bertz CT molecular complexity index is 482. The molecular weight excluding hydrogens is 290 g/mol. The highest BCUT2D eigenvalue weighted by Crippen LogP contribution is 2.32. The quantitative estimate of drug-likeness (QED) is 0.740. The zero-order valence-electron chi connectivity index (χ0n) is 14.1. The van der Waals surface area contributed by atoms with Gasteiger partial charge in [0.05, 0.1) is 5.25 Å². The lowest BCUT2D eigenvalue weighted by atomic mass is 9.97. The SMILES string of the molecule is CCC(C)c1ccccc1NC(=O)C(C)SC1CCCCC1. The van der Waals surface area contributed by atoms with Crippen LogP contribution in [0.4, 0.5) is 5.69 Å². The number of para-hydroxylation sites is 1. The molecule has 0 bridgehead atoms. The molecule has 1 fully saturated rings. The van der Waals surface area contributed by atoms with Crippen LogP contribution in [-0.4, -0.2) is 16.4 Å². The Morgan fingerprint density at radius 2 is 1.91 bits per heavy atom. The topological polar surface area (TPSA) is 29.1 Å². The van der Waals surface area contributed by atoms with Crippen LogP contribution in [0.25, 0.3) is 0 Å². The summed E-state index contributed by atoms with van der Waals surface area (Å²) < 4.78 is 0. The van der Waals surface area contributed by atoms with Gasteiger partial charge in [0.2, 0.25) is 5.91 Å². The Hall–Kier alpha value is -0.960. The number of anilines is 1. The van der Waals surface area contributed by atoms with Gasteiger partial charge in [-0.3, -0.25) is 4.79 Å². The zero-order chi connectivity index (χ0) is 15.9. The molecule has 1 saturated carbocycles. The summed E-state index contributed by atoms with van der Waals surface area (Å²) in [6.07, 6.45) is 7.63. The number of benzene rings is 1. The molecule has 0 saturated heterocycles. The Kier molecular flexibility index (Phi) is 6.81. The van der Waals surface area contributed by atoms with E-state index in [4.69, 9.17) is 0 Å². The maximum Gasteiger partial charge on any atom is 0.237 e. The fraction of sp³-hybridized carbons (Fsp3) is 0.632.